The quantitative estimate of drug-likeness (QED) is 0.807. The molecule has 0 radical (unpaired) electrons. The standard InChI is InChI=1S/C10H12F2O3/c1-15-8-5-7(11)9(12)6(10(8)14)3-2-4-13/h5,13-14H,2-4H2,1H3. The zero-order chi connectivity index (χ0) is 11.4. The topological polar surface area (TPSA) is 49.7 Å². The van der Waals surface area contributed by atoms with Gasteiger partial charge < -0.3 is 14.9 Å². The van der Waals surface area contributed by atoms with E-state index in [1.807, 2.05) is 0 Å². The van der Waals surface area contributed by atoms with Gasteiger partial charge in [-0.1, -0.05) is 0 Å². The van der Waals surface area contributed by atoms with Crippen molar-refractivity contribution in [1.29, 1.82) is 0 Å². The number of aliphatic hydroxyl groups excluding tert-OH is 1. The third-order valence-electron chi connectivity index (χ3n) is 2.06. The molecular weight excluding hydrogens is 206 g/mol. The maximum absolute atomic E-state index is 13.2. The van der Waals surface area contributed by atoms with Crippen molar-refractivity contribution in [2.24, 2.45) is 0 Å². The monoisotopic (exact) mass is 218 g/mol. The zero-order valence-corrected chi connectivity index (χ0v) is 8.26. The molecule has 0 aliphatic heterocycles. The molecule has 0 bridgehead atoms. The van der Waals surface area contributed by atoms with Gasteiger partial charge in [-0.2, -0.15) is 0 Å². The number of methoxy groups -OCH3 is 1. The third-order valence-corrected chi connectivity index (χ3v) is 2.06. The van der Waals surface area contributed by atoms with Gasteiger partial charge in [-0.25, -0.2) is 8.78 Å². The van der Waals surface area contributed by atoms with Crippen LogP contribution in [0.5, 0.6) is 11.5 Å². The normalized spacial score (nSPS) is 10.4. The van der Waals surface area contributed by atoms with E-state index in [1.165, 1.54) is 7.11 Å². The maximum atomic E-state index is 13.2. The van der Waals surface area contributed by atoms with E-state index in [2.05, 4.69) is 4.74 Å². The highest BCUT2D eigenvalue weighted by atomic mass is 19.2. The highest BCUT2D eigenvalue weighted by Crippen LogP contribution is 2.34. The molecule has 84 valence electrons. The van der Waals surface area contributed by atoms with Crippen molar-refractivity contribution in [3.63, 3.8) is 0 Å². The molecule has 0 heterocycles. The molecule has 3 nitrogen and oxygen atoms in total. The molecule has 0 amide bonds. The third kappa shape index (κ3) is 2.36. The summed E-state index contributed by atoms with van der Waals surface area (Å²) in [5, 5.41) is 18.1. The van der Waals surface area contributed by atoms with E-state index in [4.69, 9.17) is 5.11 Å². The number of ether oxygens (including phenoxy) is 1. The molecule has 0 aliphatic carbocycles. The molecule has 0 fully saturated rings. The van der Waals surface area contributed by atoms with Gasteiger partial charge in [-0.05, 0) is 12.8 Å². The molecule has 0 aromatic heterocycles. The number of rotatable bonds is 4. The Morgan fingerprint density at radius 1 is 1.40 bits per heavy atom. The Bertz CT molecular complexity index is 353. The minimum Gasteiger partial charge on any atom is -0.504 e. The largest absolute Gasteiger partial charge is 0.504 e. The molecule has 0 aliphatic rings. The molecular formula is C10H12F2O3. The highest BCUT2D eigenvalue weighted by Gasteiger charge is 2.17. The summed E-state index contributed by atoms with van der Waals surface area (Å²) in [6, 6.07) is 0.785. The summed E-state index contributed by atoms with van der Waals surface area (Å²) in [5.74, 6) is -2.69. The van der Waals surface area contributed by atoms with Crippen molar-refractivity contribution in [2.45, 2.75) is 12.8 Å². The molecule has 1 aromatic rings. The molecule has 0 saturated carbocycles. The predicted molar refractivity (Wildman–Crippen MR) is 50.0 cm³/mol. The van der Waals surface area contributed by atoms with Crippen molar-refractivity contribution < 1.29 is 23.7 Å². The molecule has 1 rings (SSSR count). The second kappa shape index (κ2) is 4.93. The number of benzene rings is 1. The van der Waals surface area contributed by atoms with Gasteiger partial charge in [0.2, 0.25) is 0 Å². The van der Waals surface area contributed by atoms with Gasteiger partial charge in [0.05, 0.1) is 7.11 Å². The fourth-order valence-corrected chi connectivity index (χ4v) is 1.28. The number of halogens is 2. The lowest BCUT2D eigenvalue weighted by atomic mass is 10.1. The van der Waals surface area contributed by atoms with Gasteiger partial charge in [-0.3, -0.25) is 0 Å². The van der Waals surface area contributed by atoms with Crippen LogP contribution in [0.15, 0.2) is 6.07 Å². The second-order valence-corrected chi connectivity index (χ2v) is 3.03. The number of phenols is 1. The summed E-state index contributed by atoms with van der Waals surface area (Å²) in [7, 11) is 1.25. The Morgan fingerprint density at radius 2 is 2.07 bits per heavy atom. The number of aliphatic hydroxyl groups is 1. The highest BCUT2D eigenvalue weighted by molar-refractivity contribution is 5.46. The minimum absolute atomic E-state index is 0.0578. The van der Waals surface area contributed by atoms with Crippen LogP contribution in [0, 0.1) is 11.6 Å². The fraction of sp³-hybridized carbons (Fsp3) is 0.400. The summed E-state index contributed by atoms with van der Waals surface area (Å²) in [5.41, 5.74) is -0.166. The van der Waals surface area contributed by atoms with Crippen LogP contribution in [-0.4, -0.2) is 23.9 Å². The molecule has 1 aromatic carbocycles. The number of aromatic hydroxyl groups is 1. The van der Waals surface area contributed by atoms with Gasteiger partial charge in [0.1, 0.15) is 0 Å². The molecule has 0 spiro atoms. The molecule has 0 unspecified atom stereocenters. The summed E-state index contributed by atoms with van der Waals surface area (Å²) in [6.45, 7) is -0.155. The number of hydrogen-bond acceptors (Lipinski definition) is 3. The van der Waals surface area contributed by atoms with Crippen LogP contribution >= 0.6 is 0 Å². The first-order valence-corrected chi connectivity index (χ1v) is 4.46. The molecule has 15 heavy (non-hydrogen) atoms. The Kier molecular flexibility index (Phi) is 3.85. The van der Waals surface area contributed by atoms with Gasteiger partial charge in [-0.15, -0.1) is 0 Å². The average Bonchev–Trinajstić information content (AvgIpc) is 2.23. The number of hydrogen-bond donors (Lipinski definition) is 2. The first-order chi connectivity index (χ1) is 7.11. The molecule has 2 N–H and O–H groups in total. The second-order valence-electron chi connectivity index (χ2n) is 3.03. The van der Waals surface area contributed by atoms with Gasteiger partial charge in [0.15, 0.2) is 23.1 Å². The zero-order valence-electron chi connectivity index (χ0n) is 8.26. The molecule has 5 heteroatoms. The van der Waals surface area contributed by atoms with Gasteiger partial charge in [0, 0.05) is 18.2 Å². The molecule has 0 saturated heterocycles. The lowest BCUT2D eigenvalue weighted by molar-refractivity contribution is 0.286. The predicted octanol–water partition coefficient (Wildman–Crippen LogP) is 1.60. The summed E-state index contributed by atoms with van der Waals surface area (Å²) in [6.07, 6.45) is 0.305. The smallest absolute Gasteiger partial charge is 0.165 e. The van der Waals surface area contributed by atoms with Gasteiger partial charge >= 0.3 is 0 Å². The lowest BCUT2D eigenvalue weighted by Crippen LogP contribution is -1.99. The first kappa shape index (κ1) is 11.7. The van der Waals surface area contributed by atoms with Crippen molar-refractivity contribution in [3.8, 4) is 11.5 Å². The maximum Gasteiger partial charge on any atom is 0.165 e. The van der Waals surface area contributed by atoms with Crippen LogP contribution in [0.2, 0.25) is 0 Å². The Morgan fingerprint density at radius 3 is 2.60 bits per heavy atom. The Hall–Kier alpha value is -1.36. The van der Waals surface area contributed by atoms with E-state index in [0.717, 1.165) is 6.07 Å². The van der Waals surface area contributed by atoms with E-state index in [9.17, 15) is 13.9 Å². The summed E-state index contributed by atoms with van der Waals surface area (Å²) < 4.78 is 30.9. The average molecular weight is 218 g/mol. The number of phenolic OH excluding ortho intramolecular Hbond substituents is 1. The summed E-state index contributed by atoms with van der Waals surface area (Å²) in [4.78, 5) is 0. The van der Waals surface area contributed by atoms with Crippen molar-refractivity contribution in [3.05, 3.63) is 23.3 Å². The van der Waals surface area contributed by atoms with Crippen LogP contribution in [0.1, 0.15) is 12.0 Å². The van der Waals surface area contributed by atoms with Crippen LogP contribution in [0.3, 0.4) is 0 Å². The fourth-order valence-electron chi connectivity index (χ4n) is 1.28. The SMILES string of the molecule is COc1cc(F)c(F)c(CCCO)c1O. The van der Waals surface area contributed by atoms with Crippen LogP contribution in [0.4, 0.5) is 8.78 Å². The van der Waals surface area contributed by atoms with E-state index in [1.54, 1.807) is 0 Å². The first-order valence-electron chi connectivity index (χ1n) is 4.46. The van der Waals surface area contributed by atoms with Gasteiger partial charge in [0.25, 0.3) is 0 Å². The van der Waals surface area contributed by atoms with E-state index in [0.29, 0.717) is 0 Å². The lowest BCUT2D eigenvalue weighted by Gasteiger charge is -2.10. The van der Waals surface area contributed by atoms with Crippen LogP contribution in [0.25, 0.3) is 0 Å². The molecule has 0 atom stereocenters. The van der Waals surface area contributed by atoms with E-state index in [-0.39, 0.29) is 30.8 Å². The van der Waals surface area contributed by atoms with Crippen molar-refractivity contribution >= 4 is 0 Å². The van der Waals surface area contributed by atoms with Crippen LogP contribution in [-0.2, 0) is 6.42 Å². The Balaban J connectivity index is 3.15. The minimum atomic E-state index is -1.10. The summed E-state index contributed by atoms with van der Waals surface area (Å²) >= 11 is 0. The Labute approximate surface area is 85.9 Å². The van der Waals surface area contributed by atoms with E-state index < -0.39 is 17.4 Å². The van der Waals surface area contributed by atoms with Crippen LogP contribution < -0.4 is 4.74 Å². The van der Waals surface area contributed by atoms with E-state index >= 15 is 0 Å². The van der Waals surface area contributed by atoms with Crippen molar-refractivity contribution in [1.82, 2.24) is 0 Å². The van der Waals surface area contributed by atoms with Crippen molar-refractivity contribution in [2.75, 3.05) is 13.7 Å².